The Bertz CT molecular complexity index is 549. The summed E-state index contributed by atoms with van der Waals surface area (Å²) in [5.41, 5.74) is 1.77. The molecule has 3 nitrogen and oxygen atoms in total. The molecule has 0 atom stereocenters. The SMILES string of the molecule is Cc1ccc2cc(OCC(C)(C)CO)ccc2n1. The van der Waals surface area contributed by atoms with E-state index in [9.17, 15) is 5.11 Å². The second kappa shape index (κ2) is 4.94. The van der Waals surface area contributed by atoms with Gasteiger partial charge in [-0.3, -0.25) is 4.98 Å². The predicted octanol–water partition coefficient (Wildman–Crippen LogP) is 2.94. The van der Waals surface area contributed by atoms with Crippen molar-refractivity contribution in [3.8, 4) is 5.75 Å². The summed E-state index contributed by atoms with van der Waals surface area (Å²) in [5, 5.41) is 10.3. The molecule has 96 valence electrons. The molecule has 0 spiro atoms. The van der Waals surface area contributed by atoms with Crippen molar-refractivity contribution in [3.63, 3.8) is 0 Å². The van der Waals surface area contributed by atoms with Crippen LogP contribution in [0.25, 0.3) is 10.9 Å². The van der Waals surface area contributed by atoms with Gasteiger partial charge in [-0.2, -0.15) is 0 Å². The molecule has 0 aliphatic heterocycles. The summed E-state index contributed by atoms with van der Waals surface area (Å²) < 4.78 is 5.71. The highest BCUT2D eigenvalue weighted by atomic mass is 16.5. The lowest BCUT2D eigenvalue weighted by molar-refractivity contribution is 0.0976. The summed E-state index contributed by atoms with van der Waals surface area (Å²) >= 11 is 0. The van der Waals surface area contributed by atoms with Gasteiger partial charge in [0.05, 0.1) is 18.7 Å². The largest absolute Gasteiger partial charge is 0.493 e. The lowest BCUT2D eigenvalue weighted by Gasteiger charge is -2.21. The second-order valence-corrected chi connectivity index (χ2v) is 5.42. The van der Waals surface area contributed by atoms with Crippen LogP contribution in [0.4, 0.5) is 0 Å². The van der Waals surface area contributed by atoms with Gasteiger partial charge in [0.15, 0.2) is 0 Å². The summed E-state index contributed by atoms with van der Waals surface area (Å²) in [4.78, 5) is 4.45. The Morgan fingerprint density at radius 1 is 1.22 bits per heavy atom. The zero-order chi connectivity index (χ0) is 13.2. The fraction of sp³-hybridized carbons (Fsp3) is 0.400. The Morgan fingerprint density at radius 2 is 2.00 bits per heavy atom. The van der Waals surface area contributed by atoms with Crippen LogP contribution < -0.4 is 4.74 Å². The summed E-state index contributed by atoms with van der Waals surface area (Å²) in [6.07, 6.45) is 0. The molecule has 0 amide bonds. The van der Waals surface area contributed by atoms with Gasteiger partial charge in [0.2, 0.25) is 0 Å². The van der Waals surface area contributed by atoms with Gasteiger partial charge in [-0.25, -0.2) is 0 Å². The van der Waals surface area contributed by atoms with Crippen LogP contribution in [0.5, 0.6) is 5.75 Å². The van der Waals surface area contributed by atoms with Crippen LogP contribution in [-0.4, -0.2) is 23.3 Å². The molecule has 3 heteroatoms. The quantitative estimate of drug-likeness (QED) is 0.900. The molecule has 0 saturated carbocycles. The number of aromatic nitrogens is 1. The summed E-state index contributed by atoms with van der Waals surface area (Å²) in [6, 6.07) is 9.90. The number of benzene rings is 1. The summed E-state index contributed by atoms with van der Waals surface area (Å²) in [5.74, 6) is 0.815. The minimum Gasteiger partial charge on any atom is -0.493 e. The first-order chi connectivity index (χ1) is 8.50. The van der Waals surface area contributed by atoms with Gasteiger partial charge >= 0.3 is 0 Å². The first-order valence-corrected chi connectivity index (χ1v) is 6.11. The van der Waals surface area contributed by atoms with Crippen molar-refractivity contribution in [2.45, 2.75) is 20.8 Å². The Kier molecular flexibility index (Phi) is 3.53. The first kappa shape index (κ1) is 12.8. The van der Waals surface area contributed by atoms with Gasteiger partial charge in [0.1, 0.15) is 5.75 Å². The molecule has 0 aliphatic rings. The third-order valence-electron chi connectivity index (χ3n) is 2.86. The molecule has 1 aromatic heterocycles. The molecule has 0 saturated heterocycles. The van der Waals surface area contributed by atoms with E-state index in [1.165, 1.54) is 0 Å². The van der Waals surface area contributed by atoms with Gasteiger partial charge in [0, 0.05) is 16.5 Å². The van der Waals surface area contributed by atoms with E-state index in [1.54, 1.807) is 0 Å². The summed E-state index contributed by atoms with van der Waals surface area (Å²) in [6.45, 7) is 6.53. The van der Waals surface area contributed by atoms with Gasteiger partial charge in [0.25, 0.3) is 0 Å². The van der Waals surface area contributed by atoms with Crippen LogP contribution in [0.15, 0.2) is 30.3 Å². The third kappa shape index (κ3) is 2.99. The number of hydrogen-bond donors (Lipinski definition) is 1. The smallest absolute Gasteiger partial charge is 0.120 e. The molecule has 2 aromatic rings. The van der Waals surface area contributed by atoms with E-state index in [0.29, 0.717) is 6.61 Å². The number of pyridine rings is 1. The highest BCUT2D eigenvalue weighted by molar-refractivity contribution is 5.80. The van der Waals surface area contributed by atoms with Crippen LogP contribution in [0, 0.1) is 12.3 Å². The Hall–Kier alpha value is -1.61. The van der Waals surface area contributed by atoms with E-state index in [0.717, 1.165) is 22.3 Å². The molecular weight excluding hydrogens is 226 g/mol. The van der Waals surface area contributed by atoms with E-state index in [1.807, 2.05) is 51.1 Å². The van der Waals surface area contributed by atoms with Crippen LogP contribution in [0.2, 0.25) is 0 Å². The van der Waals surface area contributed by atoms with Crippen molar-refractivity contribution < 1.29 is 9.84 Å². The maximum Gasteiger partial charge on any atom is 0.120 e. The van der Waals surface area contributed by atoms with Crippen molar-refractivity contribution in [1.82, 2.24) is 4.98 Å². The maximum atomic E-state index is 9.18. The van der Waals surface area contributed by atoms with Crippen molar-refractivity contribution in [2.24, 2.45) is 5.41 Å². The van der Waals surface area contributed by atoms with Crippen LogP contribution >= 0.6 is 0 Å². The molecule has 2 rings (SSSR count). The average molecular weight is 245 g/mol. The van der Waals surface area contributed by atoms with Crippen LogP contribution in [0.3, 0.4) is 0 Å². The highest BCUT2D eigenvalue weighted by Gasteiger charge is 2.17. The van der Waals surface area contributed by atoms with Crippen LogP contribution in [0.1, 0.15) is 19.5 Å². The Labute approximate surface area is 107 Å². The normalized spacial score (nSPS) is 11.8. The number of rotatable bonds is 4. The van der Waals surface area contributed by atoms with E-state index >= 15 is 0 Å². The average Bonchev–Trinajstić information content (AvgIpc) is 2.36. The molecule has 1 N–H and O–H groups in total. The van der Waals surface area contributed by atoms with Gasteiger partial charge in [-0.1, -0.05) is 19.9 Å². The number of ether oxygens (including phenoxy) is 1. The lowest BCUT2D eigenvalue weighted by atomic mass is 9.96. The number of nitrogens with zero attached hydrogens (tertiary/aromatic N) is 1. The van der Waals surface area contributed by atoms with Gasteiger partial charge < -0.3 is 9.84 Å². The zero-order valence-corrected chi connectivity index (χ0v) is 11.1. The fourth-order valence-electron chi connectivity index (χ4n) is 1.62. The van der Waals surface area contributed by atoms with Gasteiger partial charge in [-0.05, 0) is 31.2 Å². The number of fused-ring (bicyclic) bond motifs is 1. The van der Waals surface area contributed by atoms with Gasteiger partial charge in [-0.15, -0.1) is 0 Å². The number of aliphatic hydroxyl groups is 1. The number of aryl methyl sites for hydroxylation is 1. The Morgan fingerprint density at radius 3 is 2.72 bits per heavy atom. The van der Waals surface area contributed by atoms with Crippen LogP contribution in [-0.2, 0) is 0 Å². The molecular formula is C15H19NO2. The summed E-state index contributed by atoms with van der Waals surface area (Å²) in [7, 11) is 0. The molecule has 0 aliphatic carbocycles. The first-order valence-electron chi connectivity index (χ1n) is 6.11. The molecule has 0 fully saturated rings. The van der Waals surface area contributed by atoms with E-state index in [2.05, 4.69) is 4.98 Å². The molecule has 1 heterocycles. The topological polar surface area (TPSA) is 42.4 Å². The van der Waals surface area contributed by atoms with E-state index < -0.39 is 0 Å². The zero-order valence-electron chi connectivity index (χ0n) is 11.1. The molecule has 0 radical (unpaired) electrons. The molecule has 0 bridgehead atoms. The monoisotopic (exact) mass is 245 g/mol. The Balaban J connectivity index is 2.18. The van der Waals surface area contributed by atoms with Crippen molar-refractivity contribution in [2.75, 3.05) is 13.2 Å². The fourth-order valence-corrected chi connectivity index (χ4v) is 1.62. The lowest BCUT2D eigenvalue weighted by Crippen LogP contribution is -2.25. The molecule has 18 heavy (non-hydrogen) atoms. The standard InChI is InChI=1S/C15H19NO2/c1-11-4-5-12-8-13(6-7-14(12)16-11)18-10-15(2,3)9-17/h4-8,17H,9-10H2,1-3H3. The van der Waals surface area contributed by atoms with Crippen molar-refractivity contribution in [3.05, 3.63) is 36.0 Å². The van der Waals surface area contributed by atoms with Crippen molar-refractivity contribution in [1.29, 1.82) is 0 Å². The number of hydrogen-bond acceptors (Lipinski definition) is 3. The van der Waals surface area contributed by atoms with Crippen molar-refractivity contribution >= 4 is 10.9 Å². The third-order valence-corrected chi connectivity index (χ3v) is 2.86. The second-order valence-electron chi connectivity index (χ2n) is 5.42. The maximum absolute atomic E-state index is 9.18. The predicted molar refractivity (Wildman–Crippen MR) is 72.8 cm³/mol. The van der Waals surface area contributed by atoms with E-state index in [-0.39, 0.29) is 12.0 Å². The van der Waals surface area contributed by atoms with E-state index in [4.69, 9.17) is 4.74 Å². The minimum atomic E-state index is -0.222. The molecule has 0 unspecified atom stereocenters. The highest BCUT2D eigenvalue weighted by Crippen LogP contribution is 2.22. The number of aliphatic hydroxyl groups excluding tert-OH is 1. The minimum absolute atomic E-state index is 0.112. The molecule has 1 aromatic carbocycles.